The van der Waals surface area contributed by atoms with Crippen LogP contribution in [0.25, 0.3) is 0 Å². The third kappa shape index (κ3) is 3.68. The fourth-order valence-electron chi connectivity index (χ4n) is 2.88. The molecule has 1 aliphatic heterocycles. The van der Waals surface area contributed by atoms with Gasteiger partial charge in [0.25, 0.3) is 0 Å². The molecule has 26 heavy (non-hydrogen) atoms. The van der Waals surface area contributed by atoms with Gasteiger partial charge >= 0.3 is 5.97 Å². The largest absolute Gasteiger partial charge is 0.462 e. The molecular formula is C17H19Cl2N5O2. The van der Waals surface area contributed by atoms with E-state index in [-0.39, 0.29) is 0 Å². The lowest BCUT2D eigenvalue weighted by atomic mass is 9.95. The summed E-state index contributed by atoms with van der Waals surface area (Å²) in [4.78, 5) is 12.8. The van der Waals surface area contributed by atoms with Gasteiger partial charge in [0.05, 0.1) is 12.2 Å². The lowest BCUT2D eigenvalue weighted by molar-refractivity contribution is -0.139. The second-order valence-electron chi connectivity index (χ2n) is 6.02. The van der Waals surface area contributed by atoms with Crippen molar-refractivity contribution in [3.8, 4) is 0 Å². The smallest absolute Gasteiger partial charge is 0.338 e. The van der Waals surface area contributed by atoms with Crippen LogP contribution in [0.4, 0.5) is 5.95 Å². The first kappa shape index (κ1) is 18.7. The number of nitrogens with zero attached hydrogens (tertiary/aromatic N) is 4. The number of carbonyl (C=O) groups is 1. The third-order valence-corrected chi connectivity index (χ3v) is 4.73. The third-order valence-electron chi connectivity index (χ3n) is 4.17. The summed E-state index contributed by atoms with van der Waals surface area (Å²) in [7, 11) is 0. The number of tetrazole rings is 1. The normalized spacial score (nSPS) is 16.2. The molecule has 3 rings (SSSR count). The fraction of sp³-hybridized carbons (Fsp3) is 0.412. The molecule has 2 aromatic rings. The van der Waals surface area contributed by atoms with Crippen molar-refractivity contribution in [1.29, 1.82) is 0 Å². The molecule has 0 spiro atoms. The number of carbonyl (C=O) groups excluding carboxylic acids is 1. The zero-order valence-corrected chi connectivity index (χ0v) is 16.0. The van der Waals surface area contributed by atoms with Crippen LogP contribution in [0.3, 0.4) is 0 Å². The zero-order chi connectivity index (χ0) is 18.7. The van der Waals surface area contributed by atoms with E-state index in [1.165, 1.54) is 4.68 Å². The van der Waals surface area contributed by atoms with E-state index in [1.54, 1.807) is 25.1 Å². The summed E-state index contributed by atoms with van der Waals surface area (Å²) in [6.07, 6.45) is 2.88. The summed E-state index contributed by atoms with van der Waals surface area (Å²) in [5.41, 5.74) is 1.72. The topological polar surface area (TPSA) is 81.9 Å². The summed E-state index contributed by atoms with van der Waals surface area (Å²) in [5, 5.41) is 15.6. The molecule has 1 aliphatic rings. The van der Waals surface area contributed by atoms with Crippen LogP contribution < -0.4 is 5.32 Å². The van der Waals surface area contributed by atoms with Crippen molar-refractivity contribution >= 4 is 35.1 Å². The van der Waals surface area contributed by atoms with Crippen molar-refractivity contribution in [3.05, 3.63) is 45.1 Å². The number of anilines is 1. The fourth-order valence-corrected chi connectivity index (χ4v) is 3.39. The number of ether oxygens (including phenoxy) is 1. The molecule has 0 bridgehead atoms. The van der Waals surface area contributed by atoms with E-state index < -0.39 is 12.0 Å². The summed E-state index contributed by atoms with van der Waals surface area (Å²) < 4.78 is 6.99. The van der Waals surface area contributed by atoms with E-state index in [4.69, 9.17) is 27.9 Å². The molecule has 1 unspecified atom stereocenters. The maximum Gasteiger partial charge on any atom is 0.338 e. The number of fused-ring (bicyclic) bond motifs is 1. The molecular weight excluding hydrogens is 377 g/mol. The summed E-state index contributed by atoms with van der Waals surface area (Å²) in [6.45, 7) is 4.25. The first-order chi connectivity index (χ1) is 12.5. The zero-order valence-electron chi connectivity index (χ0n) is 14.5. The van der Waals surface area contributed by atoms with E-state index in [2.05, 4.69) is 27.8 Å². The lowest BCUT2D eigenvalue weighted by Crippen LogP contribution is -2.30. The Morgan fingerprint density at radius 3 is 2.88 bits per heavy atom. The summed E-state index contributed by atoms with van der Waals surface area (Å²) in [6, 6.07) is 4.52. The Labute approximate surface area is 161 Å². The highest BCUT2D eigenvalue weighted by Gasteiger charge is 2.36. The highest BCUT2D eigenvalue weighted by Crippen LogP contribution is 2.38. The standard InChI is InChI=1S/C17H19Cl2N5O2/c1-3-4-5-8-26-16(25)14-10(2)20-17-21-22-23-24(17)15(14)12-7-6-11(18)9-13(12)19/h6-7,9,15H,3-5,8H2,1-2H3,(H,20,21,23). The highest BCUT2D eigenvalue weighted by atomic mass is 35.5. The molecule has 0 saturated heterocycles. The number of esters is 1. The van der Waals surface area contributed by atoms with Crippen LogP contribution in [0.1, 0.15) is 44.7 Å². The molecule has 1 aromatic carbocycles. The number of unbranched alkanes of at least 4 members (excludes halogenated alkanes) is 2. The van der Waals surface area contributed by atoms with E-state index >= 15 is 0 Å². The van der Waals surface area contributed by atoms with E-state index in [9.17, 15) is 4.79 Å². The lowest BCUT2D eigenvalue weighted by Gasteiger charge is -2.28. The SMILES string of the molecule is CCCCCOC(=O)C1=C(C)Nc2nnnn2C1c1ccc(Cl)cc1Cl. The second kappa shape index (κ2) is 8.05. The molecule has 1 atom stereocenters. The molecule has 1 aromatic heterocycles. The van der Waals surface area contributed by atoms with Gasteiger partial charge in [-0.15, -0.1) is 0 Å². The molecule has 0 radical (unpaired) electrons. The summed E-state index contributed by atoms with van der Waals surface area (Å²) in [5.74, 6) is 0.0179. The molecule has 9 heteroatoms. The van der Waals surface area contributed by atoms with Crippen molar-refractivity contribution in [2.45, 2.75) is 39.2 Å². The molecule has 0 aliphatic carbocycles. The number of rotatable bonds is 6. The molecule has 1 N–H and O–H groups in total. The number of halogens is 2. The number of benzene rings is 1. The van der Waals surface area contributed by atoms with Crippen LogP contribution in [0.15, 0.2) is 29.5 Å². The minimum Gasteiger partial charge on any atom is -0.462 e. The van der Waals surface area contributed by atoms with E-state index in [1.807, 2.05) is 0 Å². The minimum absolute atomic E-state index is 0.368. The van der Waals surface area contributed by atoms with Gasteiger partial charge in [-0.3, -0.25) is 0 Å². The van der Waals surface area contributed by atoms with Gasteiger partial charge in [0.15, 0.2) is 0 Å². The number of hydrogen-bond donors (Lipinski definition) is 1. The Balaban J connectivity index is 1.98. The minimum atomic E-state index is -0.593. The molecule has 2 heterocycles. The molecule has 0 amide bonds. The van der Waals surface area contributed by atoms with Crippen LogP contribution in [0.5, 0.6) is 0 Å². The maximum absolute atomic E-state index is 12.8. The van der Waals surface area contributed by atoms with Crippen molar-refractivity contribution in [3.63, 3.8) is 0 Å². The van der Waals surface area contributed by atoms with Crippen molar-refractivity contribution < 1.29 is 9.53 Å². The van der Waals surface area contributed by atoms with Crippen LogP contribution >= 0.6 is 23.2 Å². The number of aromatic nitrogens is 4. The van der Waals surface area contributed by atoms with Crippen LogP contribution in [-0.2, 0) is 9.53 Å². The van der Waals surface area contributed by atoms with E-state index in [0.717, 1.165) is 19.3 Å². The van der Waals surface area contributed by atoms with Gasteiger partial charge in [-0.05, 0) is 35.9 Å². The predicted molar refractivity (Wildman–Crippen MR) is 99.2 cm³/mol. The Morgan fingerprint density at radius 1 is 1.35 bits per heavy atom. The summed E-state index contributed by atoms with van der Waals surface area (Å²) >= 11 is 12.4. The van der Waals surface area contributed by atoms with Crippen molar-refractivity contribution in [2.75, 3.05) is 11.9 Å². The second-order valence-corrected chi connectivity index (χ2v) is 6.87. The molecule has 0 saturated carbocycles. The van der Waals surface area contributed by atoms with Crippen LogP contribution in [0.2, 0.25) is 10.0 Å². The average molecular weight is 396 g/mol. The quantitative estimate of drug-likeness (QED) is 0.587. The monoisotopic (exact) mass is 395 g/mol. The van der Waals surface area contributed by atoms with Crippen LogP contribution in [0, 0.1) is 0 Å². The molecule has 0 fully saturated rings. The Morgan fingerprint density at radius 2 is 2.15 bits per heavy atom. The van der Waals surface area contributed by atoms with E-state index in [0.29, 0.717) is 39.4 Å². The highest BCUT2D eigenvalue weighted by molar-refractivity contribution is 6.35. The van der Waals surface area contributed by atoms with Gasteiger partial charge < -0.3 is 10.1 Å². The van der Waals surface area contributed by atoms with Gasteiger partial charge in [0.1, 0.15) is 6.04 Å². The Kier molecular flexibility index (Phi) is 5.78. The number of hydrogen-bond acceptors (Lipinski definition) is 6. The van der Waals surface area contributed by atoms with Crippen molar-refractivity contribution in [1.82, 2.24) is 20.2 Å². The van der Waals surface area contributed by atoms with Gasteiger partial charge in [0.2, 0.25) is 5.95 Å². The Bertz CT molecular complexity index is 849. The first-order valence-corrected chi connectivity index (χ1v) is 9.16. The van der Waals surface area contributed by atoms with Gasteiger partial charge in [-0.2, -0.15) is 4.68 Å². The van der Waals surface area contributed by atoms with Gasteiger partial charge in [-0.25, -0.2) is 4.79 Å². The average Bonchev–Trinajstić information content (AvgIpc) is 3.05. The van der Waals surface area contributed by atoms with Gasteiger partial charge in [-0.1, -0.05) is 54.1 Å². The first-order valence-electron chi connectivity index (χ1n) is 8.40. The van der Waals surface area contributed by atoms with Crippen molar-refractivity contribution in [2.24, 2.45) is 0 Å². The molecule has 7 nitrogen and oxygen atoms in total. The van der Waals surface area contributed by atoms with Gasteiger partial charge in [0, 0.05) is 21.3 Å². The van der Waals surface area contributed by atoms with Crippen LogP contribution in [-0.4, -0.2) is 32.8 Å². The number of nitrogens with one attached hydrogen (secondary N) is 1. The Hall–Kier alpha value is -2.12. The molecule has 138 valence electrons. The predicted octanol–water partition coefficient (Wildman–Crippen LogP) is 4.00. The maximum atomic E-state index is 12.8. The number of allylic oxidation sites excluding steroid dienone is 1.